The van der Waals surface area contributed by atoms with Gasteiger partial charge in [-0.1, -0.05) is 37.3 Å². The molecule has 0 unspecified atom stereocenters. The molecule has 0 fully saturated rings. The third-order valence-electron chi connectivity index (χ3n) is 4.79. The summed E-state index contributed by atoms with van der Waals surface area (Å²) in [5, 5.41) is 0. The Morgan fingerprint density at radius 3 is 2.75 bits per heavy atom. The zero-order valence-corrected chi connectivity index (χ0v) is 14.1. The van der Waals surface area contributed by atoms with Gasteiger partial charge in [-0.05, 0) is 42.5 Å². The molecule has 1 aliphatic heterocycles. The second-order valence-electron chi connectivity index (χ2n) is 6.44. The number of nitrogens with zero attached hydrogens (tertiary/aromatic N) is 3. The Bertz CT molecular complexity index is 926. The topological polar surface area (TPSA) is 37.6 Å². The first-order valence-electron chi connectivity index (χ1n) is 8.51. The van der Waals surface area contributed by atoms with Crippen molar-refractivity contribution in [2.24, 2.45) is 0 Å². The van der Waals surface area contributed by atoms with Crippen LogP contribution in [0.5, 0.6) is 0 Å². The molecule has 3 aromatic rings. The molecule has 1 amide bonds. The summed E-state index contributed by atoms with van der Waals surface area (Å²) in [7, 11) is 0. The highest BCUT2D eigenvalue weighted by atomic mass is 16.2. The Labute approximate surface area is 141 Å². The first kappa shape index (κ1) is 14.9. The molecule has 4 nitrogen and oxygen atoms in total. The van der Waals surface area contributed by atoms with Crippen LogP contribution in [0.15, 0.2) is 42.6 Å². The van der Waals surface area contributed by atoms with Crippen molar-refractivity contribution in [1.82, 2.24) is 14.3 Å². The van der Waals surface area contributed by atoms with Crippen molar-refractivity contribution in [3.63, 3.8) is 0 Å². The fourth-order valence-corrected chi connectivity index (χ4v) is 3.49. The number of imidazole rings is 1. The van der Waals surface area contributed by atoms with E-state index in [9.17, 15) is 4.79 Å². The van der Waals surface area contributed by atoms with Crippen LogP contribution in [0.3, 0.4) is 0 Å². The predicted octanol–water partition coefficient (Wildman–Crippen LogP) is 3.40. The van der Waals surface area contributed by atoms with E-state index in [1.807, 2.05) is 40.6 Å². The smallest absolute Gasteiger partial charge is 0.273 e. The van der Waals surface area contributed by atoms with Crippen molar-refractivity contribution >= 4 is 11.6 Å². The van der Waals surface area contributed by atoms with Crippen molar-refractivity contribution in [1.29, 1.82) is 0 Å². The zero-order chi connectivity index (χ0) is 16.7. The van der Waals surface area contributed by atoms with Crippen LogP contribution >= 0.6 is 0 Å². The standard InChI is InChI=1S/C20H21N3O/c1-3-17-19(23-12-14(2)8-9-18(23)21-17)20(24)22-11-10-15-6-4-5-7-16(15)13-22/h4-9,12H,3,10-11,13H2,1-2H3. The van der Waals surface area contributed by atoms with Crippen LogP contribution in [0.1, 0.15) is 39.8 Å². The van der Waals surface area contributed by atoms with Gasteiger partial charge in [0.1, 0.15) is 11.3 Å². The van der Waals surface area contributed by atoms with E-state index < -0.39 is 0 Å². The van der Waals surface area contributed by atoms with Crippen molar-refractivity contribution in [3.05, 3.63) is 70.7 Å². The van der Waals surface area contributed by atoms with Crippen LogP contribution in [-0.4, -0.2) is 26.7 Å². The van der Waals surface area contributed by atoms with Crippen LogP contribution in [0.25, 0.3) is 5.65 Å². The van der Waals surface area contributed by atoms with Gasteiger partial charge in [0.25, 0.3) is 5.91 Å². The molecular formula is C20H21N3O. The monoisotopic (exact) mass is 319 g/mol. The summed E-state index contributed by atoms with van der Waals surface area (Å²) >= 11 is 0. The number of hydrogen-bond acceptors (Lipinski definition) is 2. The van der Waals surface area contributed by atoms with Gasteiger partial charge in [0.15, 0.2) is 0 Å². The summed E-state index contributed by atoms with van der Waals surface area (Å²) in [6.45, 7) is 5.53. The maximum atomic E-state index is 13.2. The molecule has 0 spiro atoms. The number of fused-ring (bicyclic) bond motifs is 2. The minimum Gasteiger partial charge on any atom is -0.333 e. The molecule has 0 aliphatic carbocycles. The minimum atomic E-state index is 0.0828. The highest BCUT2D eigenvalue weighted by Gasteiger charge is 2.26. The number of amides is 1. The normalized spacial score (nSPS) is 14.0. The molecule has 122 valence electrons. The van der Waals surface area contributed by atoms with Crippen LogP contribution in [0.4, 0.5) is 0 Å². The highest BCUT2D eigenvalue weighted by Crippen LogP contribution is 2.23. The summed E-state index contributed by atoms with van der Waals surface area (Å²) < 4.78 is 1.96. The third-order valence-corrected chi connectivity index (χ3v) is 4.79. The Balaban J connectivity index is 1.75. The molecule has 0 saturated heterocycles. The second-order valence-corrected chi connectivity index (χ2v) is 6.44. The predicted molar refractivity (Wildman–Crippen MR) is 94.2 cm³/mol. The van der Waals surface area contributed by atoms with E-state index >= 15 is 0 Å². The summed E-state index contributed by atoms with van der Waals surface area (Å²) in [5.74, 6) is 0.0828. The van der Waals surface area contributed by atoms with Crippen LogP contribution in [0, 0.1) is 6.92 Å². The van der Waals surface area contributed by atoms with E-state index in [2.05, 4.69) is 30.1 Å². The van der Waals surface area contributed by atoms with Crippen LogP contribution in [0.2, 0.25) is 0 Å². The number of carbonyl (C=O) groups is 1. The molecule has 4 rings (SSSR count). The van der Waals surface area contributed by atoms with E-state index in [1.54, 1.807) is 0 Å². The maximum Gasteiger partial charge on any atom is 0.273 e. The molecule has 1 aromatic carbocycles. The zero-order valence-electron chi connectivity index (χ0n) is 14.1. The fraction of sp³-hybridized carbons (Fsp3) is 0.300. The fourth-order valence-electron chi connectivity index (χ4n) is 3.49. The molecule has 0 N–H and O–H groups in total. The number of benzene rings is 1. The number of hydrogen-bond donors (Lipinski definition) is 0. The van der Waals surface area contributed by atoms with Crippen molar-refractivity contribution < 1.29 is 4.79 Å². The minimum absolute atomic E-state index is 0.0828. The lowest BCUT2D eigenvalue weighted by atomic mass is 9.99. The van der Waals surface area contributed by atoms with E-state index in [0.29, 0.717) is 6.54 Å². The van der Waals surface area contributed by atoms with Crippen LogP contribution < -0.4 is 0 Å². The van der Waals surface area contributed by atoms with E-state index in [-0.39, 0.29) is 5.91 Å². The molecule has 24 heavy (non-hydrogen) atoms. The first-order valence-corrected chi connectivity index (χ1v) is 8.51. The number of rotatable bonds is 2. The Kier molecular flexibility index (Phi) is 3.60. The highest BCUT2D eigenvalue weighted by molar-refractivity contribution is 5.95. The lowest BCUT2D eigenvalue weighted by Crippen LogP contribution is -2.37. The van der Waals surface area contributed by atoms with Gasteiger partial charge >= 0.3 is 0 Å². The SMILES string of the molecule is CCc1nc2ccc(C)cn2c1C(=O)N1CCc2ccccc2C1. The Hall–Kier alpha value is -2.62. The van der Waals surface area contributed by atoms with Gasteiger partial charge in [-0.3, -0.25) is 9.20 Å². The molecule has 2 aromatic heterocycles. The molecule has 0 saturated carbocycles. The summed E-state index contributed by atoms with van der Waals surface area (Å²) in [6.07, 6.45) is 3.68. The van der Waals surface area contributed by atoms with Gasteiger partial charge in [0.05, 0.1) is 5.69 Å². The lowest BCUT2D eigenvalue weighted by Gasteiger charge is -2.29. The summed E-state index contributed by atoms with van der Waals surface area (Å²) in [5.41, 5.74) is 6.17. The van der Waals surface area contributed by atoms with Gasteiger partial charge in [-0.15, -0.1) is 0 Å². The van der Waals surface area contributed by atoms with Crippen molar-refractivity contribution in [3.8, 4) is 0 Å². The largest absolute Gasteiger partial charge is 0.333 e. The molecular weight excluding hydrogens is 298 g/mol. The lowest BCUT2D eigenvalue weighted by molar-refractivity contribution is 0.0726. The van der Waals surface area contributed by atoms with Crippen LogP contribution in [-0.2, 0) is 19.4 Å². The average molecular weight is 319 g/mol. The van der Waals surface area contributed by atoms with Gasteiger partial charge in [-0.2, -0.15) is 0 Å². The van der Waals surface area contributed by atoms with E-state index in [4.69, 9.17) is 0 Å². The van der Waals surface area contributed by atoms with Gasteiger partial charge in [0, 0.05) is 19.3 Å². The average Bonchev–Trinajstić information content (AvgIpc) is 2.98. The van der Waals surface area contributed by atoms with Gasteiger partial charge in [-0.25, -0.2) is 4.98 Å². The number of carbonyl (C=O) groups excluding carboxylic acids is 1. The van der Waals surface area contributed by atoms with Crippen molar-refractivity contribution in [2.75, 3.05) is 6.54 Å². The molecule has 0 radical (unpaired) electrons. The first-order chi connectivity index (χ1) is 11.7. The van der Waals surface area contributed by atoms with E-state index in [0.717, 1.165) is 42.0 Å². The summed E-state index contributed by atoms with van der Waals surface area (Å²) in [4.78, 5) is 19.8. The third kappa shape index (κ3) is 2.39. The van der Waals surface area contributed by atoms with Gasteiger partial charge < -0.3 is 4.90 Å². The number of aromatic nitrogens is 2. The Morgan fingerprint density at radius 2 is 1.96 bits per heavy atom. The quantitative estimate of drug-likeness (QED) is 0.726. The van der Waals surface area contributed by atoms with Crippen molar-refractivity contribution in [2.45, 2.75) is 33.2 Å². The molecule has 4 heteroatoms. The number of aryl methyl sites for hydroxylation is 2. The summed E-state index contributed by atoms with van der Waals surface area (Å²) in [6, 6.07) is 12.4. The van der Waals surface area contributed by atoms with Gasteiger partial charge in [0.2, 0.25) is 0 Å². The Morgan fingerprint density at radius 1 is 1.17 bits per heavy atom. The van der Waals surface area contributed by atoms with E-state index in [1.165, 1.54) is 11.1 Å². The molecule has 0 bridgehead atoms. The second kappa shape index (κ2) is 5.78. The number of pyridine rings is 1. The molecule has 0 atom stereocenters. The molecule has 1 aliphatic rings. The maximum absolute atomic E-state index is 13.2. The molecule has 3 heterocycles.